The zero-order valence-corrected chi connectivity index (χ0v) is 20.7. The van der Waals surface area contributed by atoms with Gasteiger partial charge in [0.05, 0.1) is 12.8 Å². The Morgan fingerprint density at radius 2 is 1.81 bits per heavy atom. The first-order valence-electron chi connectivity index (χ1n) is 11.7. The number of nitrogens with one attached hydrogen (secondary N) is 1. The van der Waals surface area contributed by atoms with Crippen LogP contribution < -0.4 is 20.5 Å². The maximum absolute atomic E-state index is 13.0. The zero-order valence-electron chi connectivity index (χ0n) is 20.7. The molecule has 0 radical (unpaired) electrons. The number of primary amides is 1. The lowest BCUT2D eigenvalue weighted by atomic mass is 9.84. The van der Waals surface area contributed by atoms with Gasteiger partial charge in [0.25, 0.3) is 11.9 Å². The largest absolute Gasteiger partial charge is 0.493 e. The average molecular weight is 499 g/mol. The lowest BCUT2D eigenvalue weighted by Gasteiger charge is -2.25. The third kappa shape index (κ3) is 4.73. The maximum atomic E-state index is 13.0. The van der Waals surface area contributed by atoms with E-state index in [0.717, 1.165) is 33.8 Å². The first-order chi connectivity index (χ1) is 17.8. The fourth-order valence-electron chi connectivity index (χ4n) is 4.56. The third-order valence-electron chi connectivity index (χ3n) is 6.08. The van der Waals surface area contributed by atoms with Crippen molar-refractivity contribution in [1.82, 2.24) is 19.7 Å². The van der Waals surface area contributed by atoms with Crippen molar-refractivity contribution in [3.8, 4) is 28.7 Å². The van der Waals surface area contributed by atoms with E-state index >= 15 is 0 Å². The summed E-state index contributed by atoms with van der Waals surface area (Å²) in [4.78, 5) is 33.3. The van der Waals surface area contributed by atoms with Gasteiger partial charge in [-0.15, -0.1) is 0 Å². The van der Waals surface area contributed by atoms with Crippen molar-refractivity contribution >= 4 is 17.6 Å². The predicted octanol–water partition coefficient (Wildman–Crippen LogP) is 3.29. The lowest BCUT2D eigenvalue weighted by molar-refractivity contribution is -0.120. The zero-order chi connectivity index (χ0) is 26.1. The van der Waals surface area contributed by atoms with Gasteiger partial charge < -0.3 is 20.5 Å². The number of rotatable bonds is 7. The number of nitrogens with zero attached hydrogens (tertiary/aromatic N) is 4. The molecule has 0 spiro atoms. The molecule has 0 bridgehead atoms. The van der Waals surface area contributed by atoms with Crippen LogP contribution in [0.3, 0.4) is 0 Å². The highest BCUT2D eigenvalue weighted by molar-refractivity contribution is 5.96. The number of carbonyl (C=O) groups excluding carboxylic acids is 2. The second-order valence-corrected chi connectivity index (χ2v) is 8.81. The highest BCUT2D eigenvalue weighted by Gasteiger charge is 2.35. The summed E-state index contributed by atoms with van der Waals surface area (Å²) < 4.78 is 12.6. The van der Waals surface area contributed by atoms with Gasteiger partial charge in [-0.1, -0.05) is 36.4 Å². The van der Waals surface area contributed by atoms with E-state index in [1.54, 1.807) is 10.7 Å². The highest BCUT2D eigenvalue weighted by atomic mass is 16.5. The standard InChI is InChI=1S/C27H26N6O4/c1-15-11-16(2)30-27(29-15)33-26-24(25(32-33)17-7-5-4-6-8-17)19(13-23(35)31-26)18-9-10-20(21(12-18)36-3)37-14-22(28)34/h4-12,19H,13-14H2,1-3H3,(H2,28,34)(H,31,35)/t19-/m1/s1. The Hall–Kier alpha value is -4.73. The molecule has 10 nitrogen and oxygen atoms in total. The number of amides is 2. The number of carbonyl (C=O) groups is 2. The number of nitrogens with two attached hydrogens (primary N) is 1. The normalized spacial score (nSPS) is 14.6. The number of aromatic nitrogens is 4. The molecule has 0 saturated heterocycles. The molecule has 5 rings (SSSR count). The van der Waals surface area contributed by atoms with Gasteiger partial charge in [0, 0.05) is 34.9 Å². The molecule has 37 heavy (non-hydrogen) atoms. The summed E-state index contributed by atoms with van der Waals surface area (Å²) in [5.74, 6) is 0.634. The van der Waals surface area contributed by atoms with Crippen LogP contribution in [0.2, 0.25) is 0 Å². The molecule has 188 valence electrons. The summed E-state index contributed by atoms with van der Waals surface area (Å²) in [6, 6.07) is 17.0. The van der Waals surface area contributed by atoms with Crippen molar-refractivity contribution in [2.75, 3.05) is 19.0 Å². The molecular weight excluding hydrogens is 472 g/mol. The van der Waals surface area contributed by atoms with Crippen LogP contribution in [0.15, 0.2) is 54.6 Å². The van der Waals surface area contributed by atoms with Crippen LogP contribution in [0, 0.1) is 13.8 Å². The Morgan fingerprint density at radius 3 is 2.49 bits per heavy atom. The number of benzene rings is 2. The van der Waals surface area contributed by atoms with Crippen LogP contribution in [0.5, 0.6) is 11.5 Å². The number of aryl methyl sites for hydroxylation is 2. The van der Waals surface area contributed by atoms with E-state index in [4.69, 9.17) is 20.3 Å². The molecule has 0 unspecified atom stereocenters. The van der Waals surface area contributed by atoms with E-state index in [1.165, 1.54) is 7.11 Å². The Labute approximate surface area is 213 Å². The quantitative estimate of drug-likeness (QED) is 0.399. The van der Waals surface area contributed by atoms with Gasteiger partial charge in [-0.2, -0.15) is 9.78 Å². The van der Waals surface area contributed by atoms with Crippen LogP contribution in [0.4, 0.5) is 5.82 Å². The van der Waals surface area contributed by atoms with Gasteiger partial charge >= 0.3 is 0 Å². The third-order valence-corrected chi connectivity index (χ3v) is 6.08. The van der Waals surface area contributed by atoms with Gasteiger partial charge in [0.2, 0.25) is 5.91 Å². The molecule has 10 heteroatoms. The van der Waals surface area contributed by atoms with Gasteiger partial charge in [0.15, 0.2) is 18.1 Å². The second-order valence-electron chi connectivity index (χ2n) is 8.81. The van der Waals surface area contributed by atoms with Gasteiger partial charge in [-0.05, 0) is 37.6 Å². The molecule has 2 aromatic heterocycles. The minimum Gasteiger partial charge on any atom is -0.493 e. The SMILES string of the molecule is COc1cc([C@H]2CC(=O)Nc3c2c(-c2ccccc2)nn3-c2nc(C)cc(C)n2)ccc1OCC(N)=O. The van der Waals surface area contributed by atoms with Crippen LogP contribution in [-0.2, 0) is 9.59 Å². The van der Waals surface area contributed by atoms with Crippen LogP contribution in [0.1, 0.15) is 34.9 Å². The topological polar surface area (TPSA) is 134 Å². The first-order valence-corrected chi connectivity index (χ1v) is 11.7. The van der Waals surface area contributed by atoms with E-state index in [0.29, 0.717) is 23.3 Å². The lowest BCUT2D eigenvalue weighted by Crippen LogP contribution is -2.25. The Morgan fingerprint density at radius 1 is 1.08 bits per heavy atom. The number of hydrogen-bond donors (Lipinski definition) is 2. The second kappa shape index (κ2) is 9.73. The molecule has 0 saturated carbocycles. The van der Waals surface area contributed by atoms with E-state index in [-0.39, 0.29) is 24.9 Å². The van der Waals surface area contributed by atoms with Gasteiger partial charge in [0.1, 0.15) is 5.82 Å². The fourth-order valence-corrected chi connectivity index (χ4v) is 4.56. The minimum atomic E-state index is -0.590. The van der Waals surface area contributed by atoms with E-state index in [1.807, 2.05) is 62.4 Å². The summed E-state index contributed by atoms with van der Waals surface area (Å²) >= 11 is 0. The summed E-state index contributed by atoms with van der Waals surface area (Å²) in [5.41, 5.74) is 10.1. The van der Waals surface area contributed by atoms with Crippen LogP contribution in [0.25, 0.3) is 17.2 Å². The van der Waals surface area contributed by atoms with Gasteiger partial charge in [-0.3, -0.25) is 9.59 Å². The molecule has 2 amide bonds. The Bertz CT molecular complexity index is 1480. The first kappa shape index (κ1) is 24.0. The molecule has 3 N–H and O–H groups in total. The molecule has 1 aliphatic rings. The molecular formula is C27H26N6O4. The number of hydrogen-bond acceptors (Lipinski definition) is 7. The summed E-state index contributed by atoms with van der Waals surface area (Å²) in [7, 11) is 1.51. The van der Waals surface area contributed by atoms with Crippen molar-refractivity contribution in [1.29, 1.82) is 0 Å². The number of anilines is 1. The maximum Gasteiger partial charge on any atom is 0.255 e. The van der Waals surface area contributed by atoms with Crippen molar-refractivity contribution in [2.24, 2.45) is 5.73 Å². The molecule has 3 heterocycles. The minimum absolute atomic E-state index is 0.157. The van der Waals surface area contributed by atoms with Gasteiger partial charge in [-0.25, -0.2) is 9.97 Å². The molecule has 1 aliphatic heterocycles. The number of methoxy groups -OCH3 is 1. The Kier molecular flexibility index (Phi) is 6.31. The molecule has 4 aromatic rings. The molecule has 0 aliphatic carbocycles. The molecule has 0 fully saturated rings. The summed E-state index contributed by atoms with van der Waals surface area (Å²) in [6.07, 6.45) is 0.205. The van der Waals surface area contributed by atoms with Crippen LogP contribution >= 0.6 is 0 Å². The van der Waals surface area contributed by atoms with Crippen molar-refractivity contribution in [3.63, 3.8) is 0 Å². The molecule has 1 atom stereocenters. The Balaban J connectivity index is 1.69. The summed E-state index contributed by atoms with van der Waals surface area (Å²) in [6.45, 7) is 3.51. The smallest absolute Gasteiger partial charge is 0.255 e. The van der Waals surface area contributed by atoms with E-state index in [9.17, 15) is 9.59 Å². The fraction of sp³-hybridized carbons (Fsp3) is 0.222. The highest BCUT2D eigenvalue weighted by Crippen LogP contribution is 2.45. The van der Waals surface area contributed by atoms with E-state index < -0.39 is 5.91 Å². The van der Waals surface area contributed by atoms with E-state index in [2.05, 4.69) is 15.3 Å². The predicted molar refractivity (Wildman–Crippen MR) is 137 cm³/mol. The van der Waals surface area contributed by atoms with Crippen molar-refractivity contribution < 1.29 is 19.1 Å². The summed E-state index contributed by atoms with van der Waals surface area (Å²) in [5, 5.41) is 7.91. The van der Waals surface area contributed by atoms with Crippen LogP contribution in [-0.4, -0.2) is 45.3 Å². The van der Waals surface area contributed by atoms with Crippen molar-refractivity contribution in [2.45, 2.75) is 26.2 Å². The van der Waals surface area contributed by atoms with Crippen molar-refractivity contribution in [3.05, 3.63) is 77.1 Å². The molecule has 2 aromatic carbocycles. The number of ether oxygens (including phenoxy) is 2. The monoisotopic (exact) mass is 498 g/mol. The average Bonchev–Trinajstić information content (AvgIpc) is 3.26. The number of fused-ring (bicyclic) bond motifs is 1.